The molecule has 0 aromatic heterocycles. The third kappa shape index (κ3) is 3.24. The molecule has 17 heavy (non-hydrogen) atoms. The number of hydrogen-bond acceptors (Lipinski definition) is 3. The zero-order chi connectivity index (χ0) is 12.1. The maximum atomic E-state index is 8.99. The van der Waals surface area contributed by atoms with Gasteiger partial charge in [0.05, 0.1) is 0 Å². The highest BCUT2D eigenvalue weighted by Gasteiger charge is 2.22. The number of hydrogen-bond donors (Lipinski definition) is 2. The van der Waals surface area contributed by atoms with Crippen molar-refractivity contribution in [3.05, 3.63) is 29.8 Å². The minimum Gasteiger partial charge on any atom is -0.396 e. The Bertz CT molecular complexity index is 356. The van der Waals surface area contributed by atoms with E-state index in [0.717, 1.165) is 25.1 Å². The Morgan fingerprint density at radius 1 is 1.47 bits per heavy atom. The van der Waals surface area contributed by atoms with E-state index in [1.54, 1.807) is 0 Å². The van der Waals surface area contributed by atoms with E-state index in [2.05, 4.69) is 36.5 Å². The number of nitrogens with one attached hydrogen (secondary N) is 1. The fraction of sp³-hybridized carbons (Fsp3) is 0.571. The highest BCUT2D eigenvalue weighted by molar-refractivity contribution is 7.99. The first-order valence-corrected chi connectivity index (χ1v) is 7.39. The Hall–Kier alpha value is -0.510. The molecule has 0 bridgehead atoms. The van der Waals surface area contributed by atoms with Gasteiger partial charge in [-0.25, -0.2) is 0 Å². The lowest BCUT2D eigenvalue weighted by Crippen LogP contribution is -2.27. The summed E-state index contributed by atoms with van der Waals surface area (Å²) in [5.74, 6) is 1.73. The molecule has 1 aliphatic rings. The van der Waals surface area contributed by atoms with E-state index in [1.165, 1.54) is 10.5 Å². The lowest BCUT2D eigenvalue weighted by molar-refractivity contribution is 0.249. The molecule has 0 spiro atoms. The Balaban J connectivity index is 1.89. The van der Waals surface area contributed by atoms with Crippen molar-refractivity contribution < 1.29 is 5.11 Å². The molecule has 1 aliphatic heterocycles. The van der Waals surface area contributed by atoms with Crippen LogP contribution in [0.4, 0.5) is 0 Å². The van der Waals surface area contributed by atoms with Gasteiger partial charge < -0.3 is 10.4 Å². The van der Waals surface area contributed by atoms with Gasteiger partial charge in [0.15, 0.2) is 0 Å². The van der Waals surface area contributed by atoms with Gasteiger partial charge in [-0.15, -0.1) is 11.8 Å². The van der Waals surface area contributed by atoms with Gasteiger partial charge in [-0.1, -0.05) is 31.5 Å². The van der Waals surface area contributed by atoms with Crippen molar-refractivity contribution >= 4 is 11.8 Å². The quantitative estimate of drug-likeness (QED) is 0.815. The molecule has 0 aliphatic carbocycles. The lowest BCUT2D eigenvalue weighted by atomic mass is 10.0. The molecule has 0 saturated heterocycles. The zero-order valence-corrected chi connectivity index (χ0v) is 11.2. The van der Waals surface area contributed by atoms with E-state index in [9.17, 15) is 0 Å². The average Bonchev–Trinajstić information content (AvgIpc) is 2.78. The Kier molecular flexibility index (Phi) is 4.89. The Morgan fingerprint density at radius 3 is 3.06 bits per heavy atom. The van der Waals surface area contributed by atoms with Crippen molar-refractivity contribution in [3.63, 3.8) is 0 Å². The molecule has 2 rings (SSSR count). The highest BCUT2D eigenvalue weighted by atomic mass is 32.2. The predicted molar refractivity (Wildman–Crippen MR) is 73.4 cm³/mol. The van der Waals surface area contributed by atoms with E-state index >= 15 is 0 Å². The third-order valence-electron chi connectivity index (χ3n) is 3.47. The molecule has 2 unspecified atom stereocenters. The fourth-order valence-corrected chi connectivity index (χ4v) is 3.47. The zero-order valence-electron chi connectivity index (χ0n) is 10.4. The third-order valence-corrected chi connectivity index (χ3v) is 4.65. The summed E-state index contributed by atoms with van der Waals surface area (Å²) in [6, 6.07) is 9.13. The van der Waals surface area contributed by atoms with Crippen LogP contribution in [0.3, 0.4) is 0 Å². The summed E-state index contributed by atoms with van der Waals surface area (Å²) in [4.78, 5) is 1.42. The van der Waals surface area contributed by atoms with Crippen LogP contribution < -0.4 is 5.32 Å². The standard InChI is InChI=1S/C14H21NOS/c1-2-11(7-8-16)9-15-13-10-17-14-6-4-3-5-12(13)14/h3-6,11,13,15-16H,2,7-10H2,1H3. The molecule has 2 nitrogen and oxygen atoms in total. The second-order valence-corrected chi connectivity index (χ2v) is 5.66. The minimum atomic E-state index is 0.302. The van der Waals surface area contributed by atoms with Crippen molar-refractivity contribution in [2.45, 2.75) is 30.7 Å². The number of fused-ring (bicyclic) bond motifs is 1. The van der Waals surface area contributed by atoms with E-state index < -0.39 is 0 Å². The number of benzene rings is 1. The van der Waals surface area contributed by atoms with Gasteiger partial charge in [-0.3, -0.25) is 0 Å². The van der Waals surface area contributed by atoms with Crippen molar-refractivity contribution in [3.8, 4) is 0 Å². The summed E-state index contributed by atoms with van der Waals surface area (Å²) in [5, 5.41) is 12.6. The smallest absolute Gasteiger partial charge is 0.0434 e. The van der Waals surface area contributed by atoms with E-state index in [4.69, 9.17) is 5.11 Å². The topological polar surface area (TPSA) is 32.3 Å². The van der Waals surface area contributed by atoms with Crippen LogP contribution in [0, 0.1) is 5.92 Å². The van der Waals surface area contributed by atoms with Gasteiger partial charge in [0.1, 0.15) is 0 Å². The second-order valence-electron chi connectivity index (χ2n) is 4.60. The first kappa shape index (κ1) is 12.9. The Labute approximate surface area is 108 Å². The summed E-state index contributed by atoms with van der Waals surface area (Å²) >= 11 is 1.94. The molecule has 2 N–H and O–H groups in total. The molecule has 1 aromatic rings. The summed E-state index contributed by atoms with van der Waals surface area (Å²) in [7, 11) is 0. The summed E-state index contributed by atoms with van der Waals surface area (Å²) in [5.41, 5.74) is 1.44. The molecular weight excluding hydrogens is 230 g/mol. The van der Waals surface area contributed by atoms with Crippen LogP contribution >= 0.6 is 11.8 Å². The largest absolute Gasteiger partial charge is 0.396 e. The van der Waals surface area contributed by atoms with Crippen LogP contribution in [-0.4, -0.2) is 24.0 Å². The fourth-order valence-electron chi connectivity index (χ4n) is 2.27. The molecule has 94 valence electrons. The SMILES string of the molecule is CCC(CCO)CNC1CSc2ccccc21. The monoisotopic (exact) mass is 251 g/mol. The van der Waals surface area contributed by atoms with Gasteiger partial charge in [0.2, 0.25) is 0 Å². The molecule has 2 atom stereocenters. The van der Waals surface area contributed by atoms with Gasteiger partial charge in [0.25, 0.3) is 0 Å². The summed E-state index contributed by atoms with van der Waals surface area (Å²) in [6.07, 6.45) is 2.04. The van der Waals surface area contributed by atoms with E-state index in [1.807, 2.05) is 11.8 Å². The van der Waals surface area contributed by atoms with Gasteiger partial charge >= 0.3 is 0 Å². The van der Waals surface area contributed by atoms with Crippen LogP contribution in [0.15, 0.2) is 29.2 Å². The lowest BCUT2D eigenvalue weighted by Gasteiger charge is -2.18. The average molecular weight is 251 g/mol. The van der Waals surface area contributed by atoms with Gasteiger partial charge in [-0.2, -0.15) is 0 Å². The maximum absolute atomic E-state index is 8.99. The van der Waals surface area contributed by atoms with Crippen LogP contribution in [0.1, 0.15) is 31.4 Å². The van der Waals surface area contributed by atoms with Crippen LogP contribution in [0.2, 0.25) is 0 Å². The predicted octanol–water partition coefficient (Wildman–Crippen LogP) is 2.83. The van der Waals surface area contributed by atoms with Gasteiger partial charge in [-0.05, 0) is 30.5 Å². The molecule has 0 saturated carbocycles. The van der Waals surface area contributed by atoms with Crippen molar-refractivity contribution in [1.82, 2.24) is 5.32 Å². The first-order chi connectivity index (χ1) is 8.35. The number of thioether (sulfide) groups is 1. The molecule has 1 aromatic carbocycles. The second kappa shape index (κ2) is 6.43. The van der Waals surface area contributed by atoms with Crippen molar-refractivity contribution in [1.29, 1.82) is 0 Å². The number of aliphatic hydroxyl groups is 1. The molecule has 0 radical (unpaired) electrons. The van der Waals surface area contributed by atoms with Crippen molar-refractivity contribution in [2.24, 2.45) is 5.92 Å². The van der Waals surface area contributed by atoms with Crippen molar-refractivity contribution in [2.75, 3.05) is 18.9 Å². The van der Waals surface area contributed by atoms with E-state index in [-0.39, 0.29) is 0 Å². The van der Waals surface area contributed by atoms with Crippen LogP contribution in [0.25, 0.3) is 0 Å². The van der Waals surface area contributed by atoms with E-state index in [0.29, 0.717) is 18.6 Å². The molecule has 0 amide bonds. The first-order valence-electron chi connectivity index (χ1n) is 6.41. The maximum Gasteiger partial charge on any atom is 0.0434 e. The molecule has 1 heterocycles. The number of aliphatic hydroxyl groups excluding tert-OH is 1. The molecule has 3 heteroatoms. The molecular formula is C14H21NOS. The molecule has 0 fully saturated rings. The summed E-state index contributed by atoms with van der Waals surface area (Å²) < 4.78 is 0. The normalized spacial score (nSPS) is 20.2. The highest BCUT2D eigenvalue weighted by Crippen LogP contribution is 2.37. The summed E-state index contributed by atoms with van der Waals surface area (Å²) in [6.45, 7) is 3.51. The number of rotatable bonds is 6. The minimum absolute atomic E-state index is 0.302. The Morgan fingerprint density at radius 2 is 2.29 bits per heavy atom. The van der Waals surface area contributed by atoms with Crippen LogP contribution in [-0.2, 0) is 0 Å². The van der Waals surface area contributed by atoms with Crippen LogP contribution in [0.5, 0.6) is 0 Å². The van der Waals surface area contributed by atoms with Gasteiger partial charge in [0, 0.05) is 23.3 Å².